The van der Waals surface area contributed by atoms with Crippen LogP contribution in [0.2, 0.25) is 0 Å². The lowest BCUT2D eigenvalue weighted by atomic mass is 10.0. The van der Waals surface area contributed by atoms with Crippen LogP contribution in [0.5, 0.6) is 0 Å². The molecule has 0 saturated carbocycles. The first kappa shape index (κ1) is 24.8. The fourth-order valence-electron chi connectivity index (χ4n) is 4.97. The third kappa shape index (κ3) is 5.23. The zero-order valence-corrected chi connectivity index (χ0v) is 22.1. The average molecular weight is 513 g/mol. The van der Waals surface area contributed by atoms with E-state index in [0.717, 1.165) is 50.8 Å². The van der Waals surface area contributed by atoms with E-state index in [9.17, 15) is 0 Å². The number of terminal acetylenes is 1. The largest absolute Gasteiger partial charge is 0.311 e. The molecule has 190 valence electrons. The number of benzene rings is 6. The topological polar surface area (TPSA) is 6.48 Å². The summed E-state index contributed by atoms with van der Waals surface area (Å²) in [6.07, 6.45) is 5.70. The van der Waals surface area contributed by atoms with Gasteiger partial charge >= 0.3 is 0 Å². The van der Waals surface area contributed by atoms with Crippen LogP contribution in [0.4, 0.5) is 34.1 Å². The smallest absolute Gasteiger partial charge is 0.0474 e. The summed E-state index contributed by atoms with van der Waals surface area (Å²) in [6.45, 7) is 0. The molecule has 0 aliphatic rings. The Labute approximate surface area is 236 Å². The van der Waals surface area contributed by atoms with Gasteiger partial charge in [0.15, 0.2) is 0 Å². The van der Waals surface area contributed by atoms with Gasteiger partial charge in [-0.1, -0.05) is 90.8 Å². The number of anilines is 6. The van der Waals surface area contributed by atoms with Gasteiger partial charge in [0.2, 0.25) is 0 Å². The van der Waals surface area contributed by atoms with Crippen LogP contribution in [0.1, 0.15) is 5.56 Å². The quantitative estimate of drug-likeness (QED) is 0.196. The number of rotatable bonds is 7. The van der Waals surface area contributed by atoms with Gasteiger partial charge < -0.3 is 9.80 Å². The molecule has 6 rings (SSSR count). The van der Waals surface area contributed by atoms with E-state index in [2.05, 4.69) is 143 Å². The number of hydrogen-bond acceptors (Lipinski definition) is 2. The Morgan fingerprint density at radius 1 is 0.350 bits per heavy atom. The van der Waals surface area contributed by atoms with Crippen molar-refractivity contribution in [2.75, 3.05) is 9.80 Å². The van der Waals surface area contributed by atoms with E-state index in [1.807, 2.05) is 36.4 Å². The summed E-state index contributed by atoms with van der Waals surface area (Å²) in [6, 6.07) is 56.8. The molecule has 0 heterocycles. The van der Waals surface area contributed by atoms with Gasteiger partial charge in [0, 0.05) is 39.7 Å². The monoisotopic (exact) mass is 512 g/mol. The summed E-state index contributed by atoms with van der Waals surface area (Å²) in [5.41, 5.74) is 9.72. The maximum Gasteiger partial charge on any atom is 0.0474 e. The highest BCUT2D eigenvalue weighted by Gasteiger charge is 2.14. The Hall–Kier alpha value is -5.52. The van der Waals surface area contributed by atoms with E-state index >= 15 is 0 Å². The van der Waals surface area contributed by atoms with Crippen LogP contribution >= 0.6 is 0 Å². The summed E-state index contributed by atoms with van der Waals surface area (Å²) in [4.78, 5) is 4.50. The molecule has 0 bridgehead atoms. The van der Waals surface area contributed by atoms with Gasteiger partial charge in [0.1, 0.15) is 0 Å². The maximum absolute atomic E-state index is 5.70. The fourth-order valence-corrected chi connectivity index (χ4v) is 4.97. The molecule has 0 aromatic heterocycles. The van der Waals surface area contributed by atoms with Crippen molar-refractivity contribution < 1.29 is 0 Å². The van der Waals surface area contributed by atoms with Gasteiger partial charge in [-0.2, -0.15) is 0 Å². The van der Waals surface area contributed by atoms with E-state index < -0.39 is 0 Å². The molecule has 2 nitrogen and oxygen atoms in total. The van der Waals surface area contributed by atoms with Crippen LogP contribution < -0.4 is 9.80 Å². The van der Waals surface area contributed by atoms with Gasteiger partial charge in [-0.05, 0) is 90.0 Å². The Balaban J connectivity index is 1.32. The van der Waals surface area contributed by atoms with Crippen molar-refractivity contribution in [3.05, 3.63) is 169 Å². The summed E-state index contributed by atoms with van der Waals surface area (Å²) >= 11 is 0. The van der Waals surface area contributed by atoms with Crippen molar-refractivity contribution >= 4 is 34.1 Å². The maximum atomic E-state index is 5.70. The second-order valence-electron chi connectivity index (χ2n) is 9.47. The first-order valence-electron chi connectivity index (χ1n) is 13.3. The molecular formula is C38H28N2. The van der Waals surface area contributed by atoms with E-state index in [-0.39, 0.29) is 0 Å². The van der Waals surface area contributed by atoms with Gasteiger partial charge in [-0.15, -0.1) is 6.42 Å². The first-order chi connectivity index (χ1) is 19.8. The highest BCUT2D eigenvalue weighted by molar-refractivity contribution is 5.80. The summed E-state index contributed by atoms with van der Waals surface area (Å²) in [7, 11) is 0. The molecule has 0 unspecified atom stereocenters. The molecule has 40 heavy (non-hydrogen) atoms. The minimum Gasteiger partial charge on any atom is -0.311 e. The van der Waals surface area contributed by atoms with Crippen LogP contribution in [0, 0.1) is 12.3 Å². The van der Waals surface area contributed by atoms with Crippen LogP contribution in [0.15, 0.2) is 164 Å². The summed E-state index contributed by atoms with van der Waals surface area (Å²) in [5.74, 6) is 2.76. The lowest BCUT2D eigenvalue weighted by molar-refractivity contribution is 1.28. The lowest BCUT2D eigenvalue weighted by Gasteiger charge is -2.26. The molecular weight excluding hydrogens is 484 g/mol. The number of nitrogens with zero attached hydrogens (tertiary/aromatic N) is 2. The van der Waals surface area contributed by atoms with Gasteiger partial charge in [-0.25, -0.2) is 0 Å². The molecule has 0 atom stereocenters. The Bertz CT molecular complexity index is 1680. The third-order valence-electron chi connectivity index (χ3n) is 6.90. The average Bonchev–Trinajstić information content (AvgIpc) is 3.04. The van der Waals surface area contributed by atoms with Gasteiger partial charge in [-0.3, -0.25) is 0 Å². The molecule has 0 aliphatic carbocycles. The van der Waals surface area contributed by atoms with Crippen LogP contribution in [0.25, 0.3) is 11.1 Å². The number of hydrogen-bond donors (Lipinski definition) is 0. The van der Waals surface area contributed by atoms with Crippen LogP contribution in [-0.4, -0.2) is 0 Å². The highest BCUT2D eigenvalue weighted by Crippen LogP contribution is 2.37. The molecule has 2 heteroatoms. The standard InChI is InChI=1S/C38H28N2/c1-2-30-13-12-20-38(29-30)40(35-18-10-5-11-19-35)37-27-23-32(24-28-37)31-21-25-36(26-22-31)39(33-14-6-3-7-15-33)34-16-8-4-9-17-34/h1,3-29H. The Morgan fingerprint density at radius 3 is 1.10 bits per heavy atom. The normalized spacial score (nSPS) is 10.5. The van der Waals surface area contributed by atoms with Crippen molar-refractivity contribution in [2.24, 2.45) is 0 Å². The molecule has 0 saturated heterocycles. The van der Waals surface area contributed by atoms with Crippen molar-refractivity contribution in [1.82, 2.24) is 0 Å². The molecule has 6 aromatic rings. The van der Waals surface area contributed by atoms with Crippen molar-refractivity contribution in [3.8, 4) is 23.5 Å². The van der Waals surface area contributed by atoms with Crippen molar-refractivity contribution in [3.63, 3.8) is 0 Å². The summed E-state index contributed by atoms with van der Waals surface area (Å²) < 4.78 is 0. The van der Waals surface area contributed by atoms with Gasteiger partial charge in [0.25, 0.3) is 0 Å². The second-order valence-corrected chi connectivity index (χ2v) is 9.47. The SMILES string of the molecule is C#Cc1cccc(N(c2ccccc2)c2ccc(-c3ccc(N(c4ccccc4)c4ccccc4)cc3)cc2)c1. The highest BCUT2D eigenvalue weighted by atomic mass is 15.1. The van der Waals surface area contributed by atoms with Gasteiger partial charge in [0.05, 0.1) is 0 Å². The van der Waals surface area contributed by atoms with E-state index in [1.165, 1.54) is 0 Å². The second kappa shape index (κ2) is 11.5. The Morgan fingerprint density at radius 2 is 0.700 bits per heavy atom. The predicted molar refractivity (Wildman–Crippen MR) is 169 cm³/mol. The molecule has 0 spiro atoms. The zero-order chi connectivity index (χ0) is 27.1. The molecule has 0 aliphatic heterocycles. The van der Waals surface area contributed by atoms with Crippen LogP contribution in [0.3, 0.4) is 0 Å². The Kier molecular flexibility index (Phi) is 7.11. The molecule has 0 N–H and O–H groups in total. The van der Waals surface area contributed by atoms with E-state index in [0.29, 0.717) is 0 Å². The fraction of sp³-hybridized carbons (Fsp3) is 0. The minimum absolute atomic E-state index is 0.857. The van der Waals surface area contributed by atoms with Crippen molar-refractivity contribution in [1.29, 1.82) is 0 Å². The van der Waals surface area contributed by atoms with Crippen LogP contribution in [-0.2, 0) is 0 Å². The molecule has 0 fully saturated rings. The first-order valence-corrected chi connectivity index (χ1v) is 13.3. The molecule has 0 amide bonds. The zero-order valence-electron chi connectivity index (χ0n) is 22.1. The summed E-state index contributed by atoms with van der Waals surface area (Å²) in [5, 5.41) is 0. The number of para-hydroxylation sites is 3. The van der Waals surface area contributed by atoms with E-state index in [4.69, 9.17) is 6.42 Å². The lowest BCUT2D eigenvalue weighted by Crippen LogP contribution is -2.10. The molecule has 0 radical (unpaired) electrons. The minimum atomic E-state index is 0.857. The van der Waals surface area contributed by atoms with E-state index in [1.54, 1.807) is 0 Å². The predicted octanol–water partition coefficient (Wildman–Crippen LogP) is 10.3. The van der Waals surface area contributed by atoms with Crippen molar-refractivity contribution in [2.45, 2.75) is 0 Å². The molecule has 6 aromatic carbocycles. The third-order valence-corrected chi connectivity index (χ3v) is 6.90.